The van der Waals surface area contributed by atoms with Crippen molar-refractivity contribution in [2.45, 2.75) is 34.7 Å². The molecule has 70 valence electrons. The van der Waals surface area contributed by atoms with Gasteiger partial charge in [0.25, 0.3) is 0 Å². The smallest absolute Gasteiger partial charge is 0.159 e. The van der Waals surface area contributed by atoms with Crippen LogP contribution in [-0.4, -0.2) is 0 Å². The number of hydrogen-bond acceptors (Lipinski definition) is 4. The molecular formula is C6H13NdO4P. The van der Waals surface area contributed by atoms with Gasteiger partial charge in [-0.2, -0.15) is 7.82 Å². The number of rotatable bonds is 4. The molecule has 0 aromatic carbocycles. The fourth-order valence-corrected chi connectivity index (χ4v) is 1.35. The number of unbranched alkanes of at least 4 members (excludes halogenated alkanes) is 3. The van der Waals surface area contributed by atoms with Gasteiger partial charge in [-0.3, -0.25) is 0 Å². The number of phosphoric acid groups is 1. The molecule has 6 heteroatoms. The summed E-state index contributed by atoms with van der Waals surface area (Å²) in [4.78, 5) is 25.6. The van der Waals surface area contributed by atoms with Crippen LogP contribution in [0.1, 0.15) is 32.6 Å². The summed E-state index contributed by atoms with van der Waals surface area (Å²) in [5.41, 5.74) is 0. The Hall–Kier alpha value is 1.46. The van der Waals surface area contributed by atoms with Gasteiger partial charge < -0.3 is 19.2 Å². The molecule has 0 aliphatic carbocycles. The molecule has 0 saturated carbocycles. The van der Waals surface area contributed by atoms with E-state index in [9.17, 15) is 0 Å². The van der Waals surface area contributed by atoms with E-state index in [-0.39, 0.29) is 0 Å². The normalized spacial score (nSPS) is 10.5. The first kappa shape index (κ1) is 15.9. The molecule has 0 atom stereocenters. The first-order valence-electron chi connectivity index (χ1n) is 3.79. The van der Waals surface area contributed by atoms with Crippen molar-refractivity contribution in [1.82, 2.24) is 0 Å². The predicted octanol–water partition coefficient (Wildman–Crippen LogP) is -0.290. The first-order valence-corrected chi connectivity index (χ1v) is 7.52. The maximum absolute atomic E-state index is 8.55. The van der Waals surface area contributed by atoms with E-state index >= 15 is 0 Å². The van der Waals surface area contributed by atoms with Crippen LogP contribution in [0, 0.1) is 38.8 Å². The standard InChI is InChI=1S/C6H13.Nd.H3O4P/c1-3-5-6-4-2;;1-5(2,3)4/h1,3-6H2,2H3;;(H3,1,2,3,4)/q;+3;/p-3. The van der Waals surface area contributed by atoms with Gasteiger partial charge in [-0.25, -0.2) is 0 Å². The van der Waals surface area contributed by atoms with E-state index in [2.05, 4.69) is 6.92 Å². The molecule has 0 aromatic heterocycles. The molecule has 0 saturated heterocycles. The summed E-state index contributed by atoms with van der Waals surface area (Å²) in [7, 11) is -5.39. The molecule has 0 rings (SSSR count). The number of hydrogen-bond donors (Lipinski definition) is 0. The van der Waals surface area contributed by atoms with Crippen molar-refractivity contribution in [3.05, 3.63) is 0 Å². The summed E-state index contributed by atoms with van der Waals surface area (Å²) in [5, 5.41) is 0. The summed E-state index contributed by atoms with van der Waals surface area (Å²) in [6, 6.07) is 0. The molecule has 12 heavy (non-hydrogen) atoms. The van der Waals surface area contributed by atoms with Crippen LogP contribution < -0.4 is 14.7 Å². The Morgan fingerprint density at radius 1 is 1.17 bits per heavy atom. The summed E-state index contributed by atoms with van der Waals surface area (Å²) in [6.07, 6.45) is 5.78. The van der Waals surface area contributed by atoms with Crippen molar-refractivity contribution >= 4 is 7.82 Å². The van der Waals surface area contributed by atoms with Gasteiger partial charge in [0.2, 0.25) is 0 Å². The molecule has 0 N–H and O–H groups in total. The van der Waals surface area contributed by atoms with Crippen molar-refractivity contribution in [3.63, 3.8) is 0 Å². The molecule has 0 fully saturated rings. The van der Waals surface area contributed by atoms with Crippen LogP contribution in [0.25, 0.3) is 0 Å². The zero-order chi connectivity index (χ0) is 10.0. The van der Waals surface area contributed by atoms with Gasteiger partial charge in [-0.15, -0.1) is 0 Å². The largest absolute Gasteiger partial charge is 0.822 e. The third-order valence-corrected chi connectivity index (χ3v) is 2.16. The van der Waals surface area contributed by atoms with Crippen LogP contribution in [0.3, 0.4) is 0 Å². The fourth-order valence-electron chi connectivity index (χ4n) is 0.552. The Labute approximate surface area is 99.6 Å². The van der Waals surface area contributed by atoms with E-state index in [4.69, 9.17) is 19.2 Å². The van der Waals surface area contributed by atoms with Crippen LogP contribution in [0.5, 0.6) is 0 Å². The molecular weight excluding hydrogens is 311 g/mol. The molecule has 0 aromatic rings. The van der Waals surface area contributed by atoms with Gasteiger partial charge >= 0.3 is 73.5 Å². The summed E-state index contributed by atoms with van der Waals surface area (Å²) in [6.45, 7) is 2.26. The van der Waals surface area contributed by atoms with Crippen molar-refractivity contribution in [1.29, 1.82) is 0 Å². The molecule has 0 bridgehead atoms. The summed E-state index contributed by atoms with van der Waals surface area (Å²) in [5.74, 6) is 0. The first-order chi connectivity index (χ1) is 5.41. The Kier molecular flexibility index (Phi) is 14.0. The van der Waals surface area contributed by atoms with Crippen LogP contribution in [0.15, 0.2) is 0 Å². The van der Waals surface area contributed by atoms with Gasteiger partial charge in [0, 0.05) is 0 Å². The van der Waals surface area contributed by atoms with E-state index in [0.717, 1.165) is 0 Å². The maximum atomic E-state index is 8.55. The van der Waals surface area contributed by atoms with Gasteiger partial charge in [0.05, 0.1) is 0 Å². The van der Waals surface area contributed by atoms with Crippen LogP contribution in [-0.2, 0) is 4.57 Å². The third kappa shape index (κ3) is 42.1. The monoisotopic (exact) mass is 322 g/mol. The minimum Gasteiger partial charge on any atom is -0.822 e. The zero-order valence-corrected chi connectivity index (χ0v) is 11.2. The van der Waals surface area contributed by atoms with Crippen LogP contribution in [0.4, 0.5) is 0 Å². The summed E-state index contributed by atoms with van der Waals surface area (Å²) >= 11 is 1.41. The Bertz CT molecular complexity index is 112. The maximum Gasteiger partial charge on any atom is -0.159 e. The van der Waals surface area contributed by atoms with Crippen LogP contribution >= 0.6 is 7.82 Å². The van der Waals surface area contributed by atoms with Gasteiger partial charge in [0.1, 0.15) is 0 Å². The SMILES string of the molecule is CCCCC[CH2][Nd+3].O=P([O-])([O-])[O-]. The Morgan fingerprint density at radius 3 is 1.83 bits per heavy atom. The molecule has 0 spiro atoms. The van der Waals surface area contributed by atoms with E-state index in [1.165, 1.54) is 66.5 Å². The molecule has 0 amide bonds. The van der Waals surface area contributed by atoms with Gasteiger partial charge in [0.15, 0.2) is 0 Å². The van der Waals surface area contributed by atoms with Gasteiger partial charge in [-0.1, -0.05) is 0 Å². The molecule has 4 nitrogen and oxygen atoms in total. The second kappa shape index (κ2) is 10.5. The molecule has 0 aliphatic heterocycles. The Balaban J connectivity index is 0. The van der Waals surface area contributed by atoms with Gasteiger partial charge in [-0.05, 0) is 0 Å². The zero-order valence-electron chi connectivity index (χ0n) is 7.12. The van der Waals surface area contributed by atoms with Crippen LogP contribution in [0.2, 0.25) is 2.07 Å². The minimum atomic E-state index is -5.39. The average Bonchev–Trinajstić information content (AvgIpc) is 1.85. The van der Waals surface area contributed by atoms with E-state index in [1.807, 2.05) is 0 Å². The van der Waals surface area contributed by atoms with Crippen molar-refractivity contribution in [2.75, 3.05) is 0 Å². The van der Waals surface area contributed by atoms with E-state index in [1.54, 1.807) is 0 Å². The quantitative estimate of drug-likeness (QED) is 0.525. The fraction of sp³-hybridized carbons (Fsp3) is 1.00. The van der Waals surface area contributed by atoms with E-state index in [0.29, 0.717) is 0 Å². The Morgan fingerprint density at radius 2 is 1.58 bits per heavy atom. The minimum absolute atomic E-state index is 1.38. The van der Waals surface area contributed by atoms with E-state index < -0.39 is 7.82 Å². The third-order valence-electron chi connectivity index (χ3n) is 1.03. The molecule has 0 radical (unpaired) electrons. The second-order valence-corrected chi connectivity index (χ2v) is 4.76. The van der Waals surface area contributed by atoms with Crippen molar-refractivity contribution in [3.8, 4) is 0 Å². The molecule has 0 unspecified atom stereocenters. The van der Waals surface area contributed by atoms with Crippen molar-refractivity contribution < 1.29 is 58.0 Å². The van der Waals surface area contributed by atoms with Crippen molar-refractivity contribution in [2.24, 2.45) is 0 Å². The summed E-state index contributed by atoms with van der Waals surface area (Å²) < 4.78 is 10.0. The second-order valence-electron chi connectivity index (χ2n) is 2.26. The molecule has 0 heterocycles. The topological polar surface area (TPSA) is 86.2 Å². The molecule has 0 aliphatic rings. The average molecular weight is 324 g/mol. The predicted molar refractivity (Wildman–Crippen MR) is 36.6 cm³/mol.